The predicted molar refractivity (Wildman–Crippen MR) is 112 cm³/mol. The van der Waals surface area contributed by atoms with Gasteiger partial charge in [-0.05, 0) is 42.8 Å². The molecule has 5 nitrogen and oxygen atoms in total. The normalized spacial score (nSPS) is 15.0. The van der Waals surface area contributed by atoms with E-state index in [0.717, 1.165) is 44.7 Å². The number of nitrogens with one attached hydrogen (secondary N) is 1. The van der Waals surface area contributed by atoms with E-state index in [4.69, 9.17) is 20.8 Å². The van der Waals surface area contributed by atoms with Crippen LogP contribution >= 0.6 is 11.6 Å². The van der Waals surface area contributed by atoms with Crippen molar-refractivity contribution in [3.05, 3.63) is 63.8 Å². The van der Waals surface area contributed by atoms with Gasteiger partial charge in [-0.15, -0.1) is 0 Å². The Morgan fingerprint density at radius 3 is 2.61 bits per heavy atom. The number of hydrogen-bond acceptors (Lipinski definition) is 5. The minimum atomic E-state index is -0.144. The van der Waals surface area contributed by atoms with Gasteiger partial charge in [-0.2, -0.15) is 0 Å². The highest BCUT2D eigenvalue weighted by atomic mass is 35.5. The summed E-state index contributed by atoms with van der Waals surface area (Å²) < 4.78 is 12.0. The molecule has 1 aliphatic heterocycles. The Hall–Kier alpha value is -2.34. The summed E-state index contributed by atoms with van der Waals surface area (Å²) in [5.74, 6) is 0.712. The Balaban J connectivity index is 1.59. The molecule has 1 N–H and O–H groups in total. The van der Waals surface area contributed by atoms with Crippen molar-refractivity contribution in [1.82, 2.24) is 10.2 Å². The second kappa shape index (κ2) is 8.78. The molecule has 0 spiro atoms. The lowest BCUT2D eigenvalue weighted by Crippen LogP contribution is -2.44. The maximum atomic E-state index is 13.1. The molecule has 28 heavy (non-hydrogen) atoms. The number of benzene rings is 2. The molecular weight excluding hydrogens is 376 g/mol. The monoisotopic (exact) mass is 398 g/mol. The summed E-state index contributed by atoms with van der Waals surface area (Å²) in [5, 5.41) is 4.50. The average molecular weight is 399 g/mol. The summed E-state index contributed by atoms with van der Waals surface area (Å²) in [7, 11) is 0. The number of para-hydroxylation sites is 1. The first-order valence-electron chi connectivity index (χ1n) is 9.60. The Kier molecular flexibility index (Phi) is 5.95. The van der Waals surface area contributed by atoms with Crippen LogP contribution in [0.4, 0.5) is 0 Å². The van der Waals surface area contributed by atoms with E-state index < -0.39 is 0 Å². The first-order chi connectivity index (χ1) is 13.7. The van der Waals surface area contributed by atoms with E-state index in [2.05, 4.69) is 10.2 Å². The van der Waals surface area contributed by atoms with Crippen molar-refractivity contribution in [3.8, 4) is 17.1 Å². The van der Waals surface area contributed by atoms with Crippen LogP contribution < -0.4 is 15.5 Å². The van der Waals surface area contributed by atoms with Crippen LogP contribution in [0.25, 0.3) is 22.3 Å². The molecule has 1 aromatic heterocycles. The van der Waals surface area contributed by atoms with Crippen molar-refractivity contribution in [2.45, 2.75) is 6.42 Å². The zero-order valence-corrected chi connectivity index (χ0v) is 16.4. The minimum Gasteiger partial charge on any atom is -0.486 e. The third-order valence-corrected chi connectivity index (χ3v) is 5.19. The quantitative estimate of drug-likeness (QED) is 0.640. The lowest BCUT2D eigenvalue weighted by molar-refractivity contribution is 0.212. The van der Waals surface area contributed by atoms with Crippen LogP contribution in [-0.2, 0) is 0 Å². The fourth-order valence-corrected chi connectivity index (χ4v) is 3.57. The molecule has 3 aromatic rings. The molecule has 4 rings (SSSR count). The average Bonchev–Trinajstić information content (AvgIpc) is 2.74. The van der Waals surface area contributed by atoms with Crippen LogP contribution in [0.5, 0.6) is 5.75 Å². The smallest absolute Gasteiger partial charge is 0.235 e. The van der Waals surface area contributed by atoms with Gasteiger partial charge in [0, 0.05) is 43.3 Å². The first kappa shape index (κ1) is 19.0. The highest BCUT2D eigenvalue weighted by Crippen LogP contribution is 2.31. The summed E-state index contributed by atoms with van der Waals surface area (Å²) in [6.07, 6.45) is 0.853. The van der Waals surface area contributed by atoms with Gasteiger partial charge in [-0.1, -0.05) is 23.7 Å². The molecule has 146 valence electrons. The minimum absolute atomic E-state index is 0.144. The van der Waals surface area contributed by atoms with Gasteiger partial charge in [0.25, 0.3) is 0 Å². The first-order valence-corrected chi connectivity index (χ1v) is 9.98. The lowest BCUT2D eigenvalue weighted by atomic mass is 10.1. The Morgan fingerprint density at radius 1 is 1.07 bits per heavy atom. The maximum Gasteiger partial charge on any atom is 0.235 e. The number of nitrogens with zero attached hydrogens (tertiary/aromatic N) is 1. The zero-order chi connectivity index (χ0) is 19.3. The summed E-state index contributed by atoms with van der Waals surface area (Å²) in [6.45, 7) is 5.57. The van der Waals surface area contributed by atoms with Crippen LogP contribution in [0.15, 0.2) is 57.7 Å². The van der Waals surface area contributed by atoms with E-state index in [9.17, 15) is 4.79 Å². The van der Waals surface area contributed by atoms with Gasteiger partial charge in [0.1, 0.15) is 5.58 Å². The molecule has 0 bridgehead atoms. The summed E-state index contributed by atoms with van der Waals surface area (Å²) in [5.41, 5.74) is 1.17. The molecule has 2 heterocycles. The van der Waals surface area contributed by atoms with Gasteiger partial charge >= 0.3 is 0 Å². The van der Waals surface area contributed by atoms with Crippen molar-refractivity contribution >= 4 is 22.6 Å². The van der Waals surface area contributed by atoms with Gasteiger partial charge in [0.15, 0.2) is 5.76 Å². The van der Waals surface area contributed by atoms with E-state index in [1.54, 1.807) is 24.3 Å². The van der Waals surface area contributed by atoms with Crippen molar-refractivity contribution < 1.29 is 9.15 Å². The molecule has 0 radical (unpaired) electrons. The van der Waals surface area contributed by atoms with Gasteiger partial charge in [-0.3, -0.25) is 4.79 Å². The molecule has 1 aliphatic rings. The molecule has 0 unspecified atom stereocenters. The molecule has 0 aliphatic carbocycles. The fraction of sp³-hybridized carbons (Fsp3) is 0.318. The van der Waals surface area contributed by atoms with Gasteiger partial charge in [0.2, 0.25) is 11.2 Å². The molecule has 1 saturated heterocycles. The van der Waals surface area contributed by atoms with Gasteiger partial charge in [0.05, 0.1) is 12.0 Å². The van der Waals surface area contributed by atoms with Gasteiger partial charge in [-0.25, -0.2) is 0 Å². The largest absolute Gasteiger partial charge is 0.486 e. The molecule has 0 saturated carbocycles. The van der Waals surface area contributed by atoms with E-state index in [-0.39, 0.29) is 11.2 Å². The standard InChI is InChI=1S/C22H23ClN2O3/c23-17-8-6-16(7-9-17)21-22(20(26)18-4-1-2-5-19(18)28-21)27-15-3-12-25-13-10-24-11-14-25/h1-2,4-9,24H,3,10-15H2. The zero-order valence-electron chi connectivity index (χ0n) is 15.6. The SMILES string of the molecule is O=c1c(OCCCN2CCNCC2)c(-c2ccc(Cl)cc2)oc2ccccc12. The molecule has 2 aromatic carbocycles. The topological polar surface area (TPSA) is 54.7 Å². The number of hydrogen-bond donors (Lipinski definition) is 1. The number of ether oxygens (including phenoxy) is 1. The highest BCUT2D eigenvalue weighted by molar-refractivity contribution is 6.30. The molecule has 1 fully saturated rings. The van der Waals surface area contributed by atoms with Gasteiger partial charge < -0.3 is 19.4 Å². The van der Waals surface area contributed by atoms with Crippen LogP contribution in [0, 0.1) is 0 Å². The Bertz CT molecular complexity index is 995. The van der Waals surface area contributed by atoms with E-state index >= 15 is 0 Å². The third kappa shape index (κ3) is 4.22. The van der Waals surface area contributed by atoms with E-state index in [0.29, 0.717) is 28.4 Å². The maximum absolute atomic E-state index is 13.1. The van der Waals surface area contributed by atoms with Crippen molar-refractivity contribution in [2.24, 2.45) is 0 Å². The fourth-order valence-electron chi connectivity index (χ4n) is 3.44. The Morgan fingerprint density at radius 2 is 1.82 bits per heavy atom. The summed E-state index contributed by atoms with van der Waals surface area (Å²) >= 11 is 6.01. The van der Waals surface area contributed by atoms with Crippen LogP contribution in [0.2, 0.25) is 5.02 Å². The van der Waals surface area contributed by atoms with E-state index in [1.807, 2.05) is 24.3 Å². The predicted octanol–water partition coefficient (Wildman–Crippen LogP) is 3.79. The number of fused-ring (bicyclic) bond motifs is 1. The number of piperazine rings is 1. The Labute approximate surface area is 168 Å². The third-order valence-electron chi connectivity index (χ3n) is 4.94. The number of halogens is 1. The summed E-state index contributed by atoms with van der Waals surface area (Å²) in [6, 6.07) is 14.5. The second-order valence-corrected chi connectivity index (χ2v) is 7.32. The highest BCUT2D eigenvalue weighted by Gasteiger charge is 2.18. The molecular formula is C22H23ClN2O3. The van der Waals surface area contributed by atoms with Crippen molar-refractivity contribution in [1.29, 1.82) is 0 Å². The molecule has 0 atom stereocenters. The lowest BCUT2D eigenvalue weighted by Gasteiger charge is -2.27. The second-order valence-electron chi connectivity index (χ2n) is 6.89. The van der Waals surface area contributed by atoms with Crippen molar-refractivity contribution in [2.75, 3.05) is 39.3 Å². The molecule has 0 amide bonds. The van der Waals surface area contributed by atoms with Crippen LogP contribution in [0.1, 0.15) is 6.42 Å². The molecule has 6 heteroatoms. The van der Waals surface area contributed by atoms with Crippen LogP contribution in [-0.4, -0.2) is 44.2 Å². The van der Waals surface area contributed by atoms with Crippen LogP contribution in [0.3, 0.4) is 0 Å². The summed E-state index contributed by atoms with van der Waals surface area (Å²) in [4.78, 5) is 15.5. The van der Waals surface area contributed by atoms with Crippen molar-refractivity contribution in [3.63, 3.8) is 0 Å². The number of rotatable bonds is 6. The van der Waals surface area contributed by atoms with E-state index in [1.165, 1.54) is 0 Å².